The Morgan fingerprint density at radius 1 is 1.42 bits per heavy atom. The van der Waals surface area contributed by atoms with Crippen molar-refractivity contribution < 1.29 is 4.74 Å². The van der Waals surface area contributed by atoms with Crippen molar-refractivity contribution in [2.45, 2.75) is 45.3 Å². The molecule has 1 saturated heterocycles. The van der Waals surface area contributed by atoms with Crippen molar-refractivity contribution in [3.63, 3.8) is 0 Å². The van der Waals surface area contributed by atoms with E-state index >= 15 is 0 Å². The van der Waals surface area contributed by atoms with E-state index < -0.39 is 0 Å². The van der Waals surface area contributed by atoms with Gasteiger partial charge in [-0.2, -0.15) is 0 Å². The smallest absolute Gasteiger partial charge is 0.213 e. The zero-order valence-corrected chi connectivity index (χ0v) is 17.4. The van der Waals surface area contributed by atoms with Gasteiger partial charge in [0, 0.05) is 51.0 Å². The van der Waals surface area contributed by atoms with Gasteiger partial charge in [-0.1, -0.05) is 0 Å². The van der Waals surface area contributed by atoms with Gasteiger partial charge in [0.2, 0.25) is 5.88 Å². The van der Waals surface area contributed by atoms with Crippen LogP contribution in [0.5, 0.6) is 5.88 Å². The first-order chi connectivity index (χ1) is 11.1. The fourth-order valence-electron chi connectivity index (χ4n) is 2.81. The van der Waals surface area contributed by atoms with Gasteiger partial charge in [-0.3, -0.25) is 4.99 Å². The van der Waals surface area contributed by atoms with Crippen molar-refractivity contribution in [2.24, 2.45) is 4.99 Å². The number of hydrogen-bond donors (Lipinski definition) is 2. The van der Waals surface area contributed by atoms with Crippen LogP contribution >= 0.6 is 24.0 Å². The third kappa shape index (κ3) is 6.43. The maximum Gasteiger partial charge on any atom is 0.213 e. The fourth-order valence-corrected chi connectivity index (χ4v) is 2.81. The number of rotatable bonds is 5. The molecule has 0 unspecified atom stereocenters. The zero-order chi connectivity index (χ0) is 16.7. The standard InChI is InChI=1S/C17H29N5O.HI/c1-13(2)22-9-6-15(7-10-22)21-17(18-3)20-12-14-5-8-19-16(11-14)23-4;/h5,8,11,13,15H,6-7,9-10,12H2,1-4H3,(H2,18,20,21);1H. The van der Waals surface area contributed by atoms with E-state index in [0.29, 0.717) is 24.5 Å². The third-order valence-electron chi connectivity index (χ3n) is 4.29. The van der Waals surface area contributed by atoms with Crippen molar-refractivity contribution in [2.75, 3.05) is 27.2 Å². The predicted molar refractivity (Wildman–Crippen MR) is 109 cm³/mol. The first-order valence-electron chi connectivity index (χ1n) is 8.32. The van der Waals surface area contributed by atoms with Crippen molar-refractivity contribution in [3.05, 3.63) is 23.9 Å². The molecule has 0 aromatic carbocycles. The number of piperidine rings is 1. The summed E-state index contributed by atoms with van der Waals surface area (Å²) in [5.74, 6) is 1.48. The molecule has 1 fully saturated rings. The van der Waals surface area contributed by atoms with Crippen LogP contribution in [0.2, 0.25) is 0 Å². The molecular formula is C17H30IN5O. The molecule has 0 saturated carbocycles. The van der Waals surface area contributed by atoms with Crippen LogP contribution in [0.4, 0.5) is 0 Å². The Morgan fingerprint density at radius 3 is 2.71 bits per heavy atom. The van der Waals surface area contributed by atoms with Gasteiger partial charge in [-0.25, -0.2) is 4.98 Å². The van der Waals surface area contributed by atoms with Crippen LogP contribution in [-0.4, -0.2) is 55.2 Å². The number of aromatic nitrogens is 1. The van der Waals surface area contributed by atoms with Gasteiger partial charge in [0.1, 0.15) is 0 Å². The van der Waals surface area contributed by atoms with E-state index in [9.17, 15) is 0 Å². The molecule has 24 heavy (non-hydrogen) atoms. The average molecular weight is 447 g/mol. The Bertz CT molecular complexity index is 515. The largest absolute Gasteiger partial charge is 0.481 e. The molecule has 0 bridgehead atoms. The summed E-state index contributed by atoms with van der Waals surface area (Å²) in [5.41, 5.74) is 1.12. The molecule has 2 rings (SSSR count). The molecule has 7 heteroatoms. The molecule has 136 valence electrons. The van der Waals surface area contributed by atoms with Crippen LogP contribution in [0.3, 0.4) is 0 Å². The molecule has 2 heterocycles. The molecule has 0 amide bonds. The molecule has 6 nitrogen and oxygen atoms in total. The number of likely N-dealkylation sites (tertiary alicyclic amines) is 1. The Morgan fingerprint density at radius 2 is 2.12 bits per heavy atom. The topological polar surface area (TPSA) is 61.8 Å². The Kier molecular flexibility index (Phi) is 9.35. The fraction of sp³-hybridized carbons (Fsp3) is 0.647. The van der Waals surface area contributed by atoms with E-state index in [0.717, 1.165) is 37.5 Å². The van der Waals surface area contributed by atoms with E-state index in [2.05, 4.69) is 39.4 Å². The van der Waals surface area contributed by atoms with Gasteiger partial charge in [0.15, 0.2) is 5.96 Å². The first kappa shape index (κ1) is 21.0. The number of methoxy groups -OCH3 is 1. The highest BCUT2D eigenvalue weighted by molar-refractivity contribution is 14.0. The van der Waals surface area contributed by atoms with Crippen LogP contribution in [0, 0.1) is 0 Å². The highest BCUT2D eigenvalue weighted by Crippen LogP contribution is 2.13. The van der Waals surface area contributed by atoms with Gasteiger partial charge >= 0.3 is 0 Å². The molecule has 1 aromatic heterocycles. The number of ether oxygens (including phenoxy) is 1. The second-order valence-corrected chi connectivity index (χ2v) is 6.18. The van der Waals surface area contributed by atoms with Crippen molar-refractivity contribution in [1.29, 1.82) is 0 Å². The monoisotopic (exact) mass is 447 g/mol. The normalized spacial score (nSPS) is 16.6. The number of halogens is 1. The summed E-state index contributed by atoms with van der Waals surface area (Å²) in [7, 11) is 3.44. The summed E-state index contributed by atoms with van der Waals surface area (Å²) in [5, 5.41) is 6.89. The van der Waals surface area contributed by atoms with Crippen LogP contribution < -0.4 is 15.4 Å². The van der Waals surface area contributed by atoms with Gasteiger partial charge in [0.25, 0.3) is 0 Å². The predicted octanol–water partition coefficient (Wildman–Crippen LogP) is 2.25. The highest BCUT2D eigenvalue weighted by atomic mass is 127. The summed E-state index contributed by atoms with van der Waals surface area (Å²) in [6.45, 7) is 7.51. The lowest BCUT2D eigenvalue weighted by Crippen LogP contribution is -2.49. The van der Waals surface area contributed by atoms with Crippen LogP contribution in [0.15, 0.2) is 23.3 Å². The minimum Gasteiger partial charge on any atom is -0.481 e. The SMILES string of the molecule is CN=C(NCc1ccnc(OC)c1)NC1CCN(C(C)C)CC1.I. The molecule has 1 aliphatic heterocycles. The molecule has 0 aliphatic carbocycles. The lowest BCUT2D eigenvalue weighted by molar-refractivity contribution is 0.167. The second kappa shape index (κ2) is 10.7. The van der Waals surface area contributed by atoms with Crippen molar-refractivity contribution >= 4 is 29.9 Å². The summed E-state index contributed by atoms with van der Waals surface area (Å²) < 4.78 is 5.15. The van der Waals surface area contributed by atoms with Crippen LogP contribution in [0.25, 0.3) is 0 Å². The van der Waals surface area contributed by atoms with Crippen LogP contribution in [-0.2, 0) is 6.54 Å². The number of aliphatic imine (C=N–C) groups is 1. The van der Waals surface area contributed by atoms with Gasteiger partial charge < -0.3 is 20.3 Å². The summed E-state index contributed by atoms with van der Waals surface area (Å²) >= 11 is 0. The Labute approximate surface area is 162 Å². The second-order valence-electron chi connectivity index (χ2n) is 6.18. The number of nitrogens with zero attached hydrogens (tertiary/aromatic N) is 3. The maximum atomic E-state index is 5.15. The number of pyridine rings is 1. The molecule has 1 aromatic rings. The summed E-state index contributed by atoms with van der Waals surface area (Å²) in [6.07, 6.45) is 4.07. The molecule has 0 spiro atoms. The Hall–Kier alpha value is -1.09. The van der Waals surface area contributed by atoms with Gasteiger partial charge in [0.05, 0.1) is 7.11 Å². The van der Waals surface area contributed by atoms with E-state index in [1.807, 2.05) is 19.2 Å². The first-order valence-corrected chi connectivity index (χ1v) is 8.32. The van der Waals surface area contributed by atoms with E-state index in [1.165, 1.54) is 0 Å². The van der Waals surface area contributed by atoms with Gasteiger partial charge in [-0.15, -0.1) is 24.0 Å². The minimum atomic E-state index is 0. The summed E-state index contributed by atoms with van der Waals surface area (Å²) in [6, 6.07) is 5.03. The quantitative estimate of drug-likeness (QED) is 0.412. The van der Waals surface area contributed by atoms with Crippen LogP contribution in [0.1, 0.15) is 32.3 Å². The Balaban J connectivity index is 0.00000288. The molecule has 1 aliphatic rings. The summed E-state index contributed by atoms with van der Waals surface area (Å²) in [4.78, 5) is 11.0. The van der Waals surface area contributed by atoms with E-state index in [1.54, 1.807) is 13.3 Å². The lowest BCUT2D eigenvalue weighted by Gasteiger charge is -2.35. The zero-order valence-electron chi connectivity index (χ0n) is 15.1. The highest BCUT2D eigenvalue weighted by Gasteiger charge is 2.21. The van der Waals surface area contributed by atoms with Crippen molar-refractivity contribution in [1.82, 2.24) is 20.5 Å². The molecule has 2 N–H and O–H groups in total. The lowest BCUT2D eigenvalue weighted by atomic mass is 10.0. The van der Waals surface area contributed by atoms with Crippen molar-refractivity contribution in [3.8, 4) is 5.88 Å². The van der Waals surface area contributed by atoms with E-state index in [-0.39, 0.29) is 24.0 Å². The minimum absolute atomic E-state index is 0. The molecular weight excluding hydrogens is 417 g/mol. The number of hydrogen-bond acceptors (Lipinski definition) is 4. The average Bonchev–Trinajstić information content (AvgIpc) is 2.59. The van der Waals surface area contributed by atoms with Gasteiger partial charge in [-0.05, 0) is 38.3 Å². The third-order valence-corrected chi connectivity index (χ3v) is 4.29. The molecule has 0 atom stereocenters. The maximum absolute atomic E-state index is 5.15. The number of guanidine groups is 1. The number of nitrogens with one attached hydrogen (secondary N) is 2. The van der Waals surface area contributed by atoms with E-state index in [4.69, 9.17) is 4.74 Å². The molecule has 0 radical (unpaired) electrons.